The van der Waals surface area contributed by atoms with Crippen LogP contribution in [-0.4, -0.2) is 9.13 Å². The average molecular weight is 517 g/mol. The lowest BCUT2D eigenvalue weighted by atomic mass is 10.0. The van der Waals surface area contributed by atoms with Gasteiger partial charge in [-0.25, -0.2) is 0 Å². The highest BCUT2D eigenvalue weighted by molar-refractivity contribution is 6.18. The van der Waals surface area contributed by atoms with Gasteiger partial charge < -0.3 is 20.2 Å². The molecule has 0 saturated heterocycles. The lowest BCUT2D eigenvalue weighted by Gasteiger charge is -2.28. The van der Waals surface area contributed by atoms with E-state index in [2.05, 4.69) is 136 Å². The quantitative estimate of drug-likeness (QED) is 0.248. The maximum absolute atomic E-state index is 6.74. The fraction of sp³-hybridized carbons (Fsp3) is 0.0556. The fourth-order valence-corrected chi connectivity index (χ4v) is 6.33. The molecular formula is C36H28N4. The van der Waals surface area contributed by atoms with Crippen molar-refractivity contribution in [1.29, 1.82) is 0 Å². The minimum Gasteiger partial charge on any atom is -0.363 e. The zero-order valence-corrected chi connectivity index (χ0v) is 21.9. The molecule has 0 spiro atoms. The van der Waals surface area contributed by atoms with Crippen LogP contribution >= 0.6 is 0 Å². The van der Waals surface area contributed by atoms with E-state index in [9.17, 15) is 0 Å². The number of rotatable bonds is 4. The van der Waals surface area contributed by atoms with E-state index in [4.69, 9.17) is 5.73 Å². The van der Waals surface area contributed by atoms with Crippen LogP contribution in [0.25, 0.3) is 49.3 Å². The Morgan fingerprint density at radius 3 is 2.00 bits per heavy atom. The molecule has 3 heterocycles. The molecule has 4 heteroatoms. The fourth-order valence-electron chi connectivity index (χ4n) is 6.33. The van der Waals surface area contributed by atoms with Gasteiger partial charge in [0.15, 0.2) is 0 Å². The number of hydrogen-bond acceptors (Lipinski definition) is 2. The Morgan fingerprint density at radius 2 is 1.23 bits per heavy atom. The van der Waals surface area contributed by atoms with E-state index in [1.807, 2.05) is 18.2 Å². The highest BCUT2D eigenvalue weighted by atomic mass is 15.2. The summed E-state index contributed by atoms with van der Waals surface area (Å²) in [6.07, 6.45) is 6.35. The van der Waals surface area contributed by atoms with Gasteiger partial charge in [0.1, 0.15) is 6.17 Å². The number of dihydropyridines is 1. The summed E-state index contributed by atoms with van der Waals surface area (Å²) < 4.78 is 4.80. The minimum absolute atomic E-state index is 0.0795. The number of nitrogens with two attached hydrogens (primary N) is 1. The molecule has 1 aliphatic rings. The lowest BCUT2D eigenvalue weighted by Crippen LogP contribution is -2.32. The summed E-state index contributed by atoms with van der Waals surface area (Å²) in [5.74, 6) is 0. The van der Waals surface area contributed by atoms with Gasteiger partial charge in [-0.2, -0.15) is 0 Å². The first-order chi connectivity index (χ1) is 19.8. The number of hydrogen-bond donors (Lipinski definition) is 2. The van der Waals surface area contributed by atoms with Gasteiger partial charge in [0.05, 0.1) is 28.1 Å². The van der Waals surface area contributed by atoms with E-state index in [0.717, 1.165) is 16.9 Å². The molecule has 0 bridgehead atoms. The number of aromatic nitrogens is 2. The van der Waals surface area contributed by atoms with Crippen LogP contribution < -0.4 is 11.1 Å². The van der Waals surface area contributed by atoms with Crippen molar-refractivity contribution in [3.8, 4) is 5.69 Å². The van der Waals surface area contributed by atoms with Crippen molar-refractivity contribution >= 4 is 43.6 Å². The van der Waals surface area contributed by atoms with Crippen molar-refractivity contribution in [2.24, 2.45) is 5.73 Å². The number of nitrogens with zero attached hydrogens (tertiary/aromatic N) is 2. The molecular weight excluding hydrogens is 488 g/mol. The van der Waals surface area contributed by atoms with Gasteiger partial charge in [-0.15, -0.1) is 0 Å². The summed E-state index contributed by atoms with van der Waals surface area (Å²) >= 11 is 0. The summed E-state index contributed by atoms with van der Waals surface area (Å²) in [5, 5.41) is 8.77. The zero-order chi connectivity index (χ0) is 26.6. The van der Waals surface area contributed by atoms with Gasteiger partial charge in [-0.1, -0.05) is 91.0 Å². The van der Waals surface area contributed by atoms with Crippen molar-refractivity contribution in [3.63, 3.8) is 0 Å². The standard InChI is InChI=1S/C36H28N4/c37-36(24-12-3-1-4-13-24)30-18-11-21-35(38-30)40-32-20-10-8-17-27(32)29-22-28-26-16-7-9-19-31(26)39(33(28)23-34(29)40)25-14-5-2-6-15-25/h1-23,35-36,38H,37H2. The number of benzene rings is 5. The van der Waals surface area contributed by atoms with Gasteiger partial charge in [-0.3, -0.25) is 0 Å². The van der Waals surface area contributed by atoms with Gasteiger partial charge in [-0.05, 0) is 54.1 Å². The van der Waals surface area contributed by atoms with Crippen LogP contribution in [0.3, 0.4) is 0 Å². The van der Waals surface area contributed by atoms with Crippen molar-refractivity contribution in [2.75, 3.05) is 0 Å². The second-order valence-corrected chi connectivity index (χ2v) is 10.4. The third-order valence-corrected chi connectivity index (χ3v) is 8.17. The summed E-state index contributed by atoms with van der Waals surface area (Å²) in [5.41, 5.74) is 14.8. The van der Waals surface area contributed by atoms with E-state index in [1.54, 1.807) is 0 Å². The van der Waals surface area contributed by atoms with Crippen molar-refractivity contribution in [3.05, 3.63) is 151 Å². The third-order valence-electron chi connectivity index (χ3n) is 8.17. The molecule has 40 heavy (non-hydrogen) atoms. The topological polar surface area (TPSA) is 47.9 Å². The Labute approximate surface area is 232 Å². The highest BCUT2D eigenvalue weighted by Gasteiger charge is 2.23. The SMILES string of the molecule is NC(C1=CC=CC(n2c3ccccc3c3cc4c5ccccc5n(-c5ccccc5)c4cc32)N1)c1ccccc1. The van der Waals surface area contributed by atoms with Crippen LogP contribution in [0, 0.1) is 0 Å². The van der Waals surface area contributed by atoms with E-state index in [-0.39, 0.29) is 12.2 Å². The van der Waals surface area contributed by atoms with E-state index in [1.165, 1.54) is 43.6 Å². The number of allylic oxidation sites excluding steroid dienone is 2. The molecule has 0 amide bonds. The Morgan fingerprint density at radius 1 is 0.600 bits per heavy atom. The molecule has 3 N–H and O–H groups in total. The Hall–Kier alpha value is -5.06. The molecule has 2 unspecified atom stereocenters. The predicted octanol–water partition coefficient (Wildman–Crippen LogP) is 8.13. The normalized spacial score (nSPS) is 16.0. The molecule has 0 fully saturated rings. The maximum Gasteiger partial charge on any atom is 0.123 e. The summed E-state index contributed by atoms with van der Waals surface area (Å²) in [6.45, 7) is 0. The van der Waals surface area contributed by atoms with Crippen molar-refractivity contribution < 1.29 is 0 Å². The second-order valence-electron chi connectivity index (χ2n) is 10.4. The molecule has 192 valence electrons. The molecule has 0 saturated carbocycles. The molecule has 2 atom stereocenters. The molecule has 7 aromatic rings. The van der Waals surface area contributed by atoms with Crippen LogP contribution in [0.4, 0.5) is 0 Å². The Balaban J connectivity index is 1.37. The van der Waals surface area contributed by atoms with E-state index in [0.29, 0.717) is 0 Å². The van der Waals surface area contributed by atoms with Crippen molar-refractivity contribution in [1.82, 2.24) is 14.5 Å². The van der Waals surface area contributed by atoms with Crippen LogP contribution in [0.15, 0.2) is 145 Å². The van der Waals surface area contributed by atoms with E-state index >= 15 is 0 Å². The first kappa shape index (κ1) is 22.9. The highest BCUT2D eigenvalue weighted by Crippen LogP contribution is 2.40. The molecule has 0 aliphatic carbocycles. The molecule has 0 radical (unpaired) electrons. The average Bonchev–Trinajstić information content (AvgIpc) is 3.52. The molecule has 8 rings (SSSR count). The zero-order valence-electron chi connectivity index (χ0n) is 21.9. The van der Waals surface area contributed by atoms with Gasteiger partial charge >= 0.3 is 0 Å². The summed E-state index contributed by atoms with van der Waals surface area (Å²) in [4.78, 5) is 0. The van der Waals surface area contributed by atoms with Crippen molar-refractivity contribution in [2.45, 2.75) is 12.2 Å². The predicted molar refractivity (Wildman–Crippen MR) is 167 cm³/mol. The third kappa shape index (κ3) is 3.43. The number of nitrogens with one attached hydrogen (secondary N) is 1. The van der Waals surface area contributed by atoms with Gasteiger partial charge in [0, 0.05) is 32.9 Å². The molecule has 1 aliphatic heterocycles. The van der Waals surface area contributed by atoms with Crippen LogP contribution in [0.2, 0.25) is 0 Å². The minimum atomic E-state index is -0.228. The molecule has 4 nitrogen and oxygen atoms in total. The molecule has 5 aromatic carbocycles. The number of para-hydroxylation sites is 3. The Kier molecular flexibility index (Phi) is 5.15. The summed E-state index contributed by atoms with van der Waals surface area (Å²) in [7, 11) is 0. The van der Waals surface area contributed by atoms with Crippen LogP contribution in [0.5, 0.6) is 0 Å². The lowest BCUT2D eigenvalue weighted by molar-refractivity contribution is 0.527. The van der Waals surface area contributed by atoms with Gasteiger partial charge in [0.25, 0.3) is 0 Å². The second kappa shape index (κ2) is 9.01. The Bertz CT molecular complexity index is 2100. The number of fused-ring (bicyclic) bond motifs is 6. The first-order valence-electron chi connectivity index (χ1n) is 13.7. The maximum atomic E-state index is 6.74. The van der Waals surface area contributed by atoms with Gasteiger partial charge in [0.2, 0.25) is 0 Å². The monoisotopic (exact) mass is 516 g/mol. The molecule has 2 aromatic heterocycles. The van der Waals surface area contributed by atoms with E-state index < -0.39 is 0 Å². The summed E-state index contributed by atoms with van der Waals surface area (Å²) in [6, 6.07) is 42.8. The van der Waals surface area contributed by atoms with Crippen LogP contribution in [0.1, 0.15) is 17.8 Å². The smallest absolute Gasteiger partial charge is 0.123 e. The van der Waals surface area contributed by atoms with Crippen LogP contribution in [-0.2, 0) is 0 Å². The largest absolute Gasteiger partial charge is 0.363 e. The first-order valence-corrected chi connectivity index (χ1v) is 13.7.